The van der Waals surface area contributed by atoms with Crippen molar-refractivity contribution < 1.29 is 14.1 Å². The molecule has 1 N–H and O–H groups in total. The molecule has 3 rings (SSSR count). The maximum Gasteiger partial charge on any atom is 0.255 e. The molecular formula is C19H17IN2O3. The lowest BCUT2D eigenvalue weighted by molar-refractivity contribution is 0.102. The van der Waals surface area contributed by atoms with Crippen LogP contribution >= 0.6 is 22.6 Å². The molecule has 25 heavy (non-hydrogen) atoms. The molecule has 0 aliphatic carbocycles. The zero-order chi connectivity index (χ0) is 17.8. The molecule has 1 heterocycles. The van der Waals surface area contributed by atoms with Crippen molar-refractivity contribution in [3.63, 3.8) is 0 Å². The fourth-order valence-electron chi connectivity index (χ4n) is 2.34. The molecule has 0 atom stereocenters. The van der Waals surface area contributed by atoms with E-state index in [9.17, 15) is 4.79 Å². The quantitative estimate of drug-likeness (QED) is 0.574. The van der Waals surface area contributed by atoms with Gasteiger partial charge in [0.15, 0.2) is 0 Å². The van der Waals surface area contributed by atoms with E-state index in [1.54, 1.807) is 24.3 Å². The Morgan fingerprint density at radius 3 is 2.60 bits per heavy atom. The minimum atomic E-state index is -0.153. The average molecular weight is 448 g/mol. The van der Waals surface area contributed by atoms with E-state index in [1.807, 2.05) is 38.1 Å². The van der Waals surface area contributed by atoms with Crippen LogP contribution in [0.3, 0.4) is 0 Å². The normalized spacial score (nSPS) is 10.5. The van der Waals surface area contributed by atoms with Crippen molar-refractivity contribution in [1.29, 1.82) is 0 Å². The third-order valence-corrected chi connectivity index (χ3v) is 4.43. The molecule has 0 saturated carbocycles. The Morgan fingerprint density at radius 2 is 1.96 bits per heavy atom. The topological polar surface area (TPSA) is 64.4 Å². The number of carbonyl (C=O) groups excluding carboxylic acids is 1. The number of ether oxygens (including phenoxy) is 1. The van der Waals surface area contributed by atoms with Crippen LogP contribution in [0.2, 0.25) is 0 Å². The van der Waals surface area contributed by atoms with Crippen molar-refractivity contribution in [2.24, 2.45) is 0 Å². The monoisotopic (exact) mass is 448 g/mol. The second kappa shape index (κ2) is 7.69. The van der Waals surface area contributed by atoms with E-state index >= 15 is 0 Å². The highest BCUT2D eigenvalue weighted by molar-refractivity contribution is 14.1. The van der Waals surface area contributed by atoms with Crippen molar-refractivity contribution >= 4 is 34.2 Å². The highest BCUT2D eigenvalue weighted by Crippen LogP contribution is 2.19. The zero-order valence-electron chi connectivity index (χ0n) is 13.9. The van der Waals surface area contributed by atoms with Crippen molar-refractivity contribution in [3.05, 3.63) is 74.7 Å². The maximum absolute atomic E-state index is 12.3. The molecule has 1 amide bonds. The molecule has 0 radical (unpaired) electrons. The van der Waals surface area contributed by atoms with Crippen LogP contribution in [-0.4, -0.2) is 11.1 Å². The lowest BCUT2D eigenvalue weighted by atomic mass is 10.2. The van der Waals surface area contributed by atoms with E-state index in [0.717, 1.165) is 26.3 Å². The number of hydrogen-bond acceptors (Lipinski definition) is 4. The summed E-state index contributed by atoms with van der Waals surface area (Å²) in [6.07, 6.45) is 0. The molecule has 0 saturated heterocycles. The highest BCUT2D eigenvalue weighted by Gasteiger charge is 2.10. The largest absolute Gasteiger partial charge is 0.489 e. The minimum Gasteiger partial charge on any atom is -0.489 e. The summed E-state index contributed by atoms with van der Waals surface area (Å²) in [6, 6.07) is 14.7. The van der Waals surface area contributed by atoms with Crippen LogP contribution in [-0.2, 0) is 6.61 Å². The summed E-state index contributed by atoms with van der Waals surface area (Å²) in [5.41, 5.74) is 3.12. The molecule has 128 valence electrons. The molecule has 1 aromatic heterocycles. The molecule has 0 aliphatic rings. The van der Waals surface area contributed by atoms with E-state index in [1.165, 1.54) is 0 Å². The van der Waals surface area contributed by atoms with E-state index < -0.39 is 0 Å². The van der Waals surface area contributed by atoms with Gasteiger partial charge in [-0.2, -0.15) is 0 Å². The number of anilines is 1. The summed E-state index contributed by atoms with van der Waals surface area (Å²) in [5.74, 6) is 1.29. The molecule has 0 unspecified atom stereocenters. The Kier molecular flexibility index (Phi) is 5.37. The minimum absolute atomic E-state index is 0.153. The van der Waals surface area contributed by atoms with Gasteiger partial charge in [-0.1, -0.05) is 11.2 Å². The first kappa shape index (κ1) is 17.5. The average Bonchev–Trinajstić information content (AvgIpc) is 2.92. The summed E-state index contributed by atoms with van der Waals surface area (Å²) in [4.78, 5) is 12.3. The van der Waals surface area contributed by atoms with Gasteiger partial charge in [-0.05, 0) is 78.9 Å². The van der Waals surface area contributed by atoms with Gasteiger partial charge in [-0.25, -0.2) is 0 Å². The fraction of sp³-hybridized carbons (Fsp3) is 0.158. The first-order chi connectivity index (χ1) is 12.0. The molecule has 0 bridgehead atoms. The standard InChI is InChI=1S/C19H17IN2O3/c1-12-18(13(2)25-22-12)11-24-17-8-6-14(7-9-17)19(23)21-16-5-3-4-15(20)10-16/h3-10H,11H2,1-2H3,(H,21,23). The maximum atomic E-state index is 12.3. The first-order valence-electron chi connectivity index (χ1n) is 7.74. The van der Waals surface area contributed by atoms with Crippen LogP contribution in [0.5, 0.6) is 5.75 Å². The Morgan fingerprint density at radius 1 is 1.20 bits per heavy atom. The fourth-order valence-corrected chi connectivity index (χ4v) is 2.88. The van der Waals surface area contributed by atoms with E-state index in [-0.39, 0.29) is 5.91 Å². The Bertz CT molecular complexity index is 868. The van der Waals surface area contributed by atoms with Gasteiger partial charge in [-0.15, -0.1) is 0 Å². The van der Waals surface area contributed by atoms with Crippen LogP contribution in [0.25, 0.3) is 0 Å². The number of carbonyl (C=O) groups is 1. The molecule has 0 fully saturated rings. The zero-order valence-corrected chi connectivity index (χ0v) is 16.0. The third kappa shape index (κ3) is 4.39. The second-order valence-electron chi connectivity index (χ2n) is 5.58. The Labute approximate surface area is 159 Å². The second-order valence-corrected chi connectivity index (χ2v) is 6.83. The SMILES string of the molecule is Cc1noc(C)c1COc1ccc(C(=O)Nc2cccc(I)c2)cc1. The lowest BCUT2D eigenvalue weighted by Gasteiger charge is -2.08. The van der Waals surface area contributed by atoms with Crippen LogP contribution in [0.4, 0.5) is 5.69 Å². The summed E-state index contributed by atoms with van der Waals surface area (Å²) >= 11 is 2.21. The Hall–Kier alpha value is -2.35. The van der Waals surface area contributed by atoms with Crippen LogP contribution < -0.4 is 10.1 Å². The first-order valence-corrected chi connectivity index (χ1v) is 8.82. The van der Waals surface area contributed by atoms with Gasteiger partial charge in [0.05, 0.1) is 11.3 Å². The van der Waals surface area contributed by atoms with Crippen molar-refractivity contribution in [1.82, 2.24) is 5.16 Å². The van der Waals surface area contributed by atoms with Gasteiger partial charge in [0.2, 0.25) is 0 Å². The number of benzene rings is 2. The van der Waals surface area contributed by atoms with Gasteiger partial charge < -0.3 is 14.6 Å². The number of hydrogen-bond donors (Lipinski definition) is 1. The molecule has 5 nitrogen and oxygen atoms in total. The van der Waals surface area contributed by atoms with E-state index in [2.05, 4.69) is 33.1 Å². The van der Waals surface area contributed by atoms with Gasteiger partial charge in [0.25, 0.3) is 5.91 Å². The summed E-state index contributed by atoms with van der Waals surface area (Å²) in [5, 5.41) is 6.79. The smallest absolute Gasteiger partial charge is 0.255 e. The molecule has 0 aliphatic heterocycles. The molecule has 0 spiro atoms. The number of nitrogens with zero attached hydrogens (tertiary/aromatic N) is 1. The summed E-state index contributed by atoms with van der Waals surface area (Å²) < 4.78 is 11.9. The molecule has 3 aromatic rings. The third-order valence-electron chi connectivity index (χ3n) is 3.76. The van der Waals surface area contributed by atoms with Gasteiger partial charge in [-0.3, -0.25) is 4.79 Å². The van der Waals surface area contributed by atoms with Gasteiger partial charge in [0, 0.05) is 14.8 Å². The number of nitrogens with one attached hydrogen (secondary N) is 1. The van der Waals surface area contributed by atoms with Crippen LogP contribution in [0, 0.1) is 17.4 Å². The lowest BCUT2D eigenvalue weighted by Crippen LogP contribution is -2.11. The van der Waals surface area contributed by atoms with Crippen LogP contribution in [0.1, 0.15) is 27.4 Å². The van der Waals surface area contributed by atoms with Crippen molar-refractivity contribution in [3.8, 4) is 5.75 Å². The number of amides is 1. The summed E-state index contributed by atoms with van der Waals surface area (Å²) in [7, 11) is 0. The predicted molar refractivity (Wildman–Crippen MR) is 104 cm³/mol. The molecule has 2 aromatic carbocycles. The van der Waals surface area contributed by atoms with Gasteiger partial charge >= 0.3 is 0 Å². The molecular weight excluding hydrogens is 431 g/mol. The van der Waals surface area contributed by atoms with Gasteiger partial charge in [0.1, 0.15) is 18.1 Å². The Balaban J connectivity index is 1.62. The number of aromatic nitrogens is 1. The number of rotatable bonds is 5. The van der Waals surface area contributed by atoms with Crippen molar-refractivity contribution in [2.75, 3.05) is 5.32 Å². The van der Waals surface area contributed by atoms with E-state index in [0.29, 0.717) is 17.9 Å². The summed E-state index contributed by atoms with van der Waals surface area (Å²) in [6.45, 7) is 4.12. The highest BCUT2D eigenvalue weighted by atomic mass is 127. The predicted octanol–water partition coefficient (Wildman–Crippen LogP) is 4.73. The number of halogens is 1. The number of aryl methyl sites for hydroxylation is 2. The molecule has 6 heteroatoms. The van der Waals surface area contributed by atoms with E-state index in [4.69, 9.17) is 9.26 Å². The van der Waals surface area contributed by atoms with Crippen molar-refractivity contribution in [2.45, 2.75) is 20.5 Å². The van der Waals surface area contributed by atoms with Crippen LogP contribution in [0.15, 0.2) is 53.1 Å².